The summed E-state index contributed by atoms with van der Waals surface area (Å²) in [5, 5.41) is 0. The number of carbonyl (C=O) groups excluding carboxylic acids is 2. The minimum absolute atomic E-state index is 0.347. The molecule has 0 aliphatic carbocycles. The number of hydrazine groups is 1. The molecule has 0 atom stereocenters. The standard InChI is InChI=1S/C19H17N3O2/c1-14-8-2-3-9-15(14)18(23)20-21-19(24)16-10-4-5-11-17(16)22-12-6-7-13-22/h2-13H,1H3,(H,20,23)(H,21,24). The molecule has 0 saturated carbocycles. The first-order valence-corrected chi connectivity index (χ1v) is 7.55. The monoisotopic (exact) mass is 319 g/mol. The molecule has 3 rings (SSSR count). The molecule has 2 amide bonds. The average molecular weight is 319 g/mol. The van der Waals surface area contributed by atoms with Gasteiger partial charge in [-0.15, -0.1) is 0 Å². The van der Waals surface area contributed by atoms with Crippen molar-refractivity contribution < 1.29 is 9.59 Å². The Morgan fingerprint density at radius 1 is 0.750 bits per heavy atom. The number of aromatic nitrogens is 1. The van der Waals surface area contributed by atoms with Crippen molar-refractivity contribution in [2.45, 2.75) is 6.92 Å². The van der Waals surface area contributed by atoms with Crippen molar-refractivity contribution in [1.29, 1.82) is 0 Å². The molecule has 0 unspecified atom stereocenters. The lowest BCUT2D eigenvalue weighted by atomic mass is 10.1. The van der Waals surface area contributed by atoms with Gasteiger partial charge in [0.25, 0.3) is 11.8 Å². The van der Waals surface area contributed by atoms with Crippen LogP contribution in [0.25, 0.3) is 5.69 Å². The maximum atomic E-state index is 12.4. The third-order valence-electron chi connectivity index (χ3n) is 3.71. The SMILES string of the molecule is Cc1ccccc1C(=O)NNC(=O)c1ccccc1-n1cccc1. The van der Waals surface area contributed by atoms with Gasteiger partial charge in [-0.3, -0.25) is 20.4 Å². The lowest BCUT2D eigenvalue weighted by molar-refractivity contribution is 0.0846. The summed E-state index contributed by atoms with van der Waals surface area (Å²) < 4.78 is 1.85. The summed E-state index contributed by atoms with van der Waals surface area (Å²) in [7, 11) is 0. The van der Waals surface area contributed by atoms with Crippen LogP contribution in [0.15, 0.2) is 73.1 Å². The molecule has 1 heterocycles. The van der Waals surface area contributed by atoms with E-state index in [2.05, 4.69) is 10.9 Å². The normalized spacial score (nSPS) is 10.2. The average Bonchev–Trinajstić information content (AvgIpc) is 3.14. The van der Waals surface area contributed by atoms with Crippen LogP contribution in [0.1, 0.15) is 26.3 Å². The van der Waals surface area contributed by atoms with Crippen molar-refractivity contribution in [2.24, 2.45) is 0 Å². The number of amides is 2. The van der Waals surface area contributed by atoms with Crippen molar-refractivity contribution in [2.75, 3.05) is 0 Å². The van der Waals surface area contributed by atoms with E-state index in [1.54, 1.807) is 24.3 Å². The molecular weight excluding hydrogens is 302 g/mol. The van der Waals surface area contributed by atoms with Gasteiger partial charge in [-0.2, -0.15) is 0 Å². The zero-order chi connectivity index (χ0) is 16.9. The van der Waals surface area contributed by atoms with Gasteiger partial charge in [-0.1, -0.05) is 30.3 Å². The van der Waals surface area contributed by atoms with E-state index in [-0.39, 0.29) is 11.8 Å². The summed E-state index contributed by atoms with van der Waals surface area (Å²) >= 11 is 0. The fourth-order valence-electron chi connectivity index (χ4n) is 2.46. The summed E-state index contributed by atoms with van der Waals surface area (Å²) in [5.41, 5.74) is 7.52. The highest BCUT2D eigenvalue weighted by Crippen LogP contribution is 2.14. The molecule has 3 aromatic rings. The van der Waals surface area contributed by atoms with Crippen LogP contribution in [-0.2, 0) is 0 Å². The molecule has 0 aliphatic heterocycles. The second-order valence-corrected chi connectivity index (χ2v) is 5.33. The van der Waals surface area contributed by atoms with E-state index in [1.807, 2.05) is 60.3 Å². The lowest BCUT2D eigenvalue weighted by Gasteiger charge is -2.12. The maximum absolute atomic E-state index is 12.4. The Kier molecular flexibility index (Phi) is 4.43. The Hall–Kier alpha value is -3.34. The number of aryl methyl sites for hydroxylation is 1. The summed E-state index contributed by atoms with van der Waals surface area (Å²) in [5.74, 6) is -0.721. The smallest absolute Gasteiger partial charge is 0.271 e. The van der Waals surface area contributed by atoms with Crippen molar-refractivity contribution in [3.63, 3.8) is 0 Å². The van der Waals surface area contributed by atoms with E-state index in [0.29, 0.717) is 11.1 Å². The van der Waals surface area contributed by atoms with E-state index < -0.39 is 0 Å². The quantitative estimate of drug-likeness (QED) is 0.729. The number of para-hydroxylation sites is 1. The van der Waals surface area contributed by atoms with Crippen molar-refractivity contribution in [3.8, 4) is 5.69 Å². The van der Waals surface area contributed by atoms with Crippen LogP contribution in [0, 0.1) is 6.92 Å². The number of nitrogens with zero attached hydrogens (tertiary/aromatic N) is 1. The molecule has 0 spiro atoms. The molecule has 1 aromatic heterocycles. The number of rotatable bonds is 3. The van der Waals surface area contributed by atoms with Gasteiger partial charge < -0.3 is 4.57 Å². The number of hydrogen-bond acceptors (Lipinski definition) is 2. The molecule has 2 aromatic carbocycles. The molecule has 0 fully saturated rings. The number of nitrogens with one attached hydrogen (secondary N) is 2. The second-order valence-electron chi connectivity index (χ2n) is 5.33. The topological polar surface area (TPSA) is 63.1 Å². The summed E-state index contributed by atoms with van der Waals surface area (Å²) in [6.07, 6.45) is 3.72. The zero-order valence-corrected chi connectivity index (χ0v) is 13.2. The van der Waals surface area contributed by atoms with Crippen LogP contribution in [0.3, 0.4) is 0 Å². The molecule has 5 nitrogen and oxygen atoms in total. The summed E-state index contributed by atoms with van der Waals surface area (Å²) in [6, 6.07) is 18.2. The van der Waals surface area contributed by atoms with Crippen molar-refractivity contribution in [3.05, 3.63) is 89.7 Å². The Balaban J connectivity index is 1.75. The van der Waals surface area contributed by atoms with Crippen LogP contribution >= 0.6 is 0 Å². The Labute approximate surface area is 139 Å². The van der Waals surface area contributed by atoms with Gasteiger partial charge in [0.2, 0.25) is 0 Å². The molecular formula is C19H17N3O2. The third kappa shape index (κ3) is 3.20. The Morgan fingerprint density at radius 2 is 1.29 bits per heavy atom. The van der Waals surface area contributed by atoms with Crippen LogP contribution < -0.4 is 10.9 Å². The van der Waals surface area contributed by atoms with Gasteiger partial charge >= 0.3 is 0 Å². The number of benzene rings is 2. The maximum Gasteiger partial charge on any atom is 0.271 e. The predicted octanol–water partition coefficient (Wildman–Crippen LogP) is 2.86. The summed E-state index contributed by atoms with van der Waals surface area (Å²) in [6.45, 7) is 1.85. The largest absolute Gasteiger partial charge is 0.323 e. The first-order chi connectivity index (χ1) is 11.7. The zero-order valence-electron chi connectivity index (χ0n) is 13.2. The summed E-state index contributed by atoms with van der Waals surface area (Å²) in [4.78, 5) is 24.6. The molecule has 120 valence electrons. The fraction of sp³-hybridized carbons (Fsp3) is 0.0526. The Bertz CT molecular complexity index is 870. The predicted molar refractivity (Wildman–Crippen MR) is 91.9 cm³/mol. The molecule has 0 aliphatic rings. The highest BCUT2D eigenvalue weighted by Gasteiger charge is 2.14. The minimum atomic E-state index is -0.374. The molecule has 2 N–H and O–H groups in total. The number of hydrogen-bond donors (Lipinski definition) is 2. The van der Waals surface area contributed by atoms with Crippen LogP contribution in [0.2, 0.25) is 0 Å². The van der Waals surface area contributed by atoms with Crippen molar-refractivity contribution in [1.82, 2.24) is 15.4 Å². The molecule has 0 radical (unpaired) electrons. The number of carbonyl (C=O) groups is 2. The van der Waals surface area contributed by atoms with Gasteiger partial charge in [0.1, 0.15) is 0 Å². The Morgan fingerprint density at radius 3 is 1.96 bits per heavy atom. The van der Waals surface area contributed by atoms with Crippen LogP contribution in [0.5, 0.6) is 0 Å². The van der Waals surface area contributed by atoms with Gasteiger partial charge in [0.05, 0.1) is 11.3 Å². The fourth-order valence-corrected chi connectivity index (χ4v) is 2.46. The van der Waals surface area contributed by atoms with Crippen LogP contribution in [-0.4, -0.2) is 16.4 Å². The van der Waals surface area contributed by atoms with E-state index >= 15 is 0 Å². The van der Waals surface area contributed by atoms with Crippen LogP contribution in [0.4, 0.5) is 0 Å². The van der Waals surface area contributed by atoms with Gasteiger partial charge in [-0.25, -0.2) is 0 Å². The van der Waals surface area contributed by atoms with E-state index in [9.17, 15) is 9.59 Å². The molecule has 0 bridgehead atoms. The van der Waals surface area contributed by atoms with E-state index in [1.165, 1.54) is 0 Å². The van der Waals surface area contributed by atoms with E-state index in [4.69, 9.17) is 0 Å². The van der Waals surface area contributed by atoms with Gasteiger partial charge in [-0.05, 0) is 42.8 Å². The minimum Gasteiger partial charge on any atom is -0.323 e. The first kappa shape index (κ1) is 15.6. The van der Waals surface area contributed by atoms with E-state index in [0.717, 1.165) is 11.3 Å². The highest BCUT2D eigenvalue weighted by atomic mass is 16.2. The van der Waals surface area contributed by atoms with Gasteiger partial charge in [0, 0.05) is 18.0 Å². The van der Waals surface area contributed by atoms with Crippen molar-refractivity contribution >= 4 is 11.8 Å². The molecule has 24 heavy (non-hydrogen) atoms. The molecule has 5 heteroatoms. The first-order valence-electron chi connectivity index (χ1n) is 7.55. The molecule has 0 saturated heterocycles. The van der Waals surface area contributed by atoms with Gasteiger partial charge in [0.15, 0.2) is 0 Å². The lowest BCUT2D eigenvalue weighted by Crippen LogP contribution is -2.42. The third-order valence-corrected chi connectivity index (χ3v) is 3.71. The highest BCUT2D eigenvalue weighted by molar-refractivity contribution is 6.01. The second kappa shape index (κ2) is 6.83.